The number of rotatable bonds is 3. The van der Waals surface area contributed by atoms with Gasteiger partial charge in [-0.15, -0.1) is 0 Å². The number of hydrogen-bond donors (Lipinski definition) is 1. The predicted octanol–water partition coefficient (Wildman–Crippen LogP) is 4.10. The van der Waals surface area contributed by atoms with Crippen molar-refractivity contribution in [1.29, 1.82) is 0 Å². The van der Waals surface area contributed by atoms with Crippen LogP contribution in [0.1, 0.15) is 39.3 Å². The Morgan fingerprint density at radius 2 is 2.00 bits per heavy atom. The normalized spacial score (nSPS) is 26.9. The molecule has 6 heteroatoms. The third-order valence-electron chi connectivity index (χ3n) is 4.72. The number of ether oxygens (including phenoxy) is 1. The zero-order valence-corrected chi connectivity index (χ0v) is 16.1. The Kier molecular flexibility index (Phi) is 4.64. The summed E-state index contributed by atoms with van der Waals surface area (Å²) in [4.78, 5) is 13.9. The summed E-state index contributed by atoms with van der Waals surface area (Å²) in [5.74, 6) is 0.729. The van der Waals surface area contributed by atoms with Crippen molar-refractivity contribution in [2.24, 2.45) is 11.8 Å². The van der Waals surface area contributed by atoms with Gasteiger partial charge in [-0.2, -0.15) is 0 Å². The standard InChI is InChI=1S/C18H24BrFN2O2/c1-10(12-6-5-11(20)7-15(12)19)21-16-13-8-22(9-14(13)16)17(23)24-18(2,3)4/h5-7,10,13-14,16,21H,8-9H2,1-4H3. The van der Waals surface area contributed by atoms with Crippen molar-refractivity contribution in [2.75, 3.05) is 13.1 Å². The molecular formula is C18H24BrFN2O2. The second kappa shape index (κ2) is 6.30. The van der Waals surface area contributed by atoms with Crippen LogP contribution in [0.4, 0.5) is 9.18 Å². The maximum Gasteiger partial charge on any atom is 0.410 e. The van der Waals surface area contributed by atoms with E-state index in [1.165, 1.54) is 12.1 Å². The molecule has 3 atom stereocenters. The fourth-order valence-corrected chi connectivity index (χ4v) is 4.17. The molecule has 1 N–H and O–H groups in total. The van der Waals surface area contributed by atoms with Gasteiger partial charge in [-0.1, -0.05) is 22.0 Å². The first-order chi connectivity index (χ1) is 11.2. The topological polar surface area (TPSA) is 41.6 Å². The highest BCUT2D eigenvalue weighted by atomic mass is 79.9. The smallest absolute Gasteiger partial charge is 0.410 e. The summed E-state index contributed by atoms with van der Waals surface area (Å²) in [7, 11) is 0. The monoisotopic (exact) mass is 398 g/mol. The van der Waals surface area contributed by atoms with Gasteiger partial charge in [-0.3, -0.25) is 0 Å². The van der Waals surface area contributed by atoms with Crippen LogP contribution < -0.4 is 5.32 Å². The maximum absolute atomic E-state index is 13.2. The van der Waals surface area contributed by atoms with E-state index in [0.717, 1.165) is 23.1 Å². The zero-order chi connectivity index (χ0) is 17.6. The molecule has 4 nitrogen and oxygen atoms in total. The van der Waals surface area contributed by atoms with Gasteiger partial charge in [0, 0.05) is 29.6 Å². The molecular weight excluding hydrogens is 375 g/mol. The second-order valence-electron chi connectivity index (χ2n) is 7.79. The van der Waals surface area contributed by atoms with Gasteiger partial charge in [0.05, 0.1) is 0 Å². The molecule has 2 fully saturated rings. The molecule has 0 aromatic heterocycles. The molecule has 1 aromatic rings. The van der Waals surface area contributed by atoms with Gasteiger partial charge in [0.25, 0.3) is 0 Å². The largest absolute Gasteiger partial charge is 0.444 e. The van der Waals surface area contributed by atoms with E-state index in [4.69, 9.17) is 4.74 Å². The summed E-state index contributed by atoms with van der Waals surface area (Å²) in [6.07, 6.45) is -0.220. The highest BCUT2D eigenvalue weighted by Crippen LogP contribution is 2.47. The van der Waals surface area contributed by atoms with Crippen molar-refractivity contribution < 1.29 is 13.9 Å². The molecule has 2 aliphatic rings. The number of carbonyl (C=O) groups is 1. The van der Waals surface area contributed by atoms with E-state index in [1.54, 1.807) is 4.90 Å². The van der Waals surface area contributed by atoms with E-state index in [-0.39, 0.29) is 18.0 Å². The first-order valence-electron chi connectivity index (χ1n) is 8.34. The van der Waals surface area contributed by atoms with Crippen molar-refractivity contribution in [2.45, 2.75) is 45.4 Å². The van der Waals surface area contributed by atoms with Gasteiger partial charge in [-0.25, -0.2) is 9.18 Å². The lowest BCUT2D eigenvalue weighted by molar-refractivity contribution is 0.0268. The van der Waals surface area contributed by atoms with Gasteiger partial charge in [0.2, 0.25) is 0 Å². The molecule has 3 unspecified atom stereocenters. The van der Waals surface area contributed by atoms with E-state index < -0.39 is 5.60 Å². The van der Waals surface area contributed by atoms with Gasteiger partial charge < -0.3 is 15.0 Å². The molecule has 0 spiro atoms. The summed E-state index contributed by atoms with van der Waals surface area (Å²) < 4.78 is 19.4. The van der Waals surface area contributed by atoms with E-state index in [1.807, 2.05) is 26.8 Å². The number of benzene rings is 1. The highest BCUT2D eigenvalue weighted by Gasteiger charge is 2.57. The third-order valence-corrected chi connectivity index (χ3v) is 5.40. The number of carbonyl (C=O) groups excluding carboxylic acids is 1. The van der Waals surface area contributed by atoms with Crippen LogP contribution in [0.25, 0.3) is 0 Å². The van der Waals surface area contributed by atoms with Crippen LogP contribution in [0.3, 0.4) is 0 Å². The van der Waals surface area contributed by atoms with Crippen molar-refractivity contribution in [1.82, 2.24) is 10.2 Å². The van der Waals surface area contributed by atoms with Gasteiger partial charge in [-0.05, 0) is 57.2 Å². The van der Waals surface area contributed by atoms with E-state index >= 15 is 0 Å². The van der Waals surface area contributed by atoms with E-state index in [0.29, 0.717) is 17.9 Å². The van der Waals surface area contributed by atoms with Crippen molar-refractivity contribution >= 4 is 22.0 Å². The van der Waals surface area contributed by atoms with Crippen molar-refractivity contribution in [3.8, 4) is 0 Å². The van der Waals surface area contributed by atoms with Crippen LogP contribution in [0.5, 0.6) is 0 Å². The number of nitrogens with one attached hydrogen (secondary N) is 1. The molecule has 0 radical (unpaired) electrons. The van der Waals surface area contributed by atoms with Gasteiger partial charge >= 0.3 is 6.09 Å². The Bertz CT molecular complexity index is 634. The van der Waals surface area contributed by atoms with Crippen LogP contribution in [-0.2, 0) is 4.74 Å². The number of nitrogens with zero attached hydrogens (tertiary/aromatic N) is 1. The fourth-order valence-electron chi connectivity index (χ4n) is 3.48. The minimum atomic E-state index is -0.453. The number of fused-ring (bicyclic) bond motifs is 1. The van der Waals surface area contributed by atoms with Crippen LogP contribution >= 0.6 is 15.9 Å². The minimum Gasteiger partial charge on any atom is -0.444 e. The second-order valence-corrected chi connectivity index (χ2v) is 8.65. The van der Waals surface area contributed by atoms with E-state index in [9.17, 15) is 9.18 Å². The quantitative estimate of drug-likeness (QED) is 0.832. The number of amides is 1. The first-order valence-corrected chi connectivity index (χ1v) is 9.14. The molecule has 1 saturated carbocycles. The van der Waals surface area contributed by atoms with Crippen molar-refractivity contribution in [3.63, 3.8) is 0 Å². The van der Waals surface area contributed by atoms with Crippen LogP contribution in [0, 0.1) is 17.7 Å². The summed E-state index contributed by atoms with van der Waals surface area (Å²) >= 11 is 3.43. The molecule has 0 bridgehead atoms. The van der Waals surface area contributed by atoms with E-state index in [2.05, 4.69) is 28.2 Å². The number of hydrogen-bond acceptors (Lipinski definition) is 3. The minimum absolute atomic E-state index is 0.130. The molecule has 1 aliphatic carbocycles. The summed E-state index contributed by atoms with van der Waals surface area (Å²) in [5.41, 5.74) is 0.593. The Hall–Kier alpha value is -1.14. The van der Waals surface area contributed by atoms with Gasteiger partial charge in [0.15, 0.2) is 0 Å². The molecule has 1 aromatic carbocycles. The Labute approximate surface area is 150 Å². The Morgan fingerprint density at radius 1 is 1.38 bits per heavy atom. The highest BCUT2D eigenvalue weighted by molar-refractivity contribution is 9.10. The average Bonchev–Trinajstić information content (AvgIpc) is 2.90. The van der Waals surface area contributed by atoms with Crippen molar-refractivity contribution in [3.05, 3.63) is 34.1 Å². The predicted molar refractivity (Wildman–Crippen MR) is 94.2 cm³/mol. The average molecular weight is 399 g/mol. The molecule has 1 saturated heterocycles. The Morgan fingerprint density at radius 3 is 2.54 bits per heavy atom. The summed E-state index contributed by atoms with van der Waals surface area (Å²) in [5, 5.41) is 3.61. The van der Waals surface area contributed by atoms with Crippen LogP contribution in [0.15, 0.2) is 22.7 Å². The third kappa shape index (κ3) is 3.75. The van der Waals surface area contributed by atoms with Crippen LogP contribution in [-0.4, -0.2) is 35.7 Å². The molecule has 1 heterocycles. The zero-order valence-electron chi connectivity index (χ0n) is 14.5. The SMILES string of the molecule is CC(NC1C2CN(C(=O)OC(C)(C)C)CC21)c1ccc(F)cc1Br. The lowest BCUT2D eigenvalue weighted by Crippen LogP contribution is -2.39. The summed E-state index contributed by atoms with van der Waals surface area (Å²) in [6.45, 7) is 9.22. The summed E-state index contributed by atoms with van der Waals surface area (Å²) in [6, 6.07) is 5.32. The number of halogens is 2. The lowest BCUT2D eigenvalue weighted by Gasteiger charge is -2.26. The number of likely N-dealkylation sites (tertiary alicyclic amines) is 1. The number of piperidine rings is 1. The van der Waals surface area contributed by atoms with Gasteiger partial charge in [0.1, 0.15) is 11.4 Å². The first kappa shape index (κ1) is 17.7. The Balaban J connectivity index is 1.52. The van der Waals surface area contributed by atoms with Crippen LogP contribution in [0.2, 0.25) is 0 Å². The molecule has 132 valence electrons. The molecule has 24 heavy (non-hydrogen) atoms. The molecule has 1 amide bonds. The lowest BCUT2D eigenvalue weighted by atomic mass is 10.1. The molecule has 1 aliphatic heterocycles. The maximum atomic E-state index is 13.2. The molecule has 3 rings (SSSR count). The fraction of sp³-hybridized carbons (Fsp3) is 0.611.